The zero-order valence-electron chi connectivity index (χ0n) is 11.1. The number of alkyl halides is 3. The van der Waals surface area contributed by atoms with Gasteiger partial charge >= 0.3 is 12.1 Å². The second-order valence-corrected chi connectivity index (χ2v) is 5.54. The number of aromatic carboxylic acids is 1. The predicted molar refractivity (Wildman–Crippen MR) is 74.9 cm³/mol. The Balaban J connectivity index is 2.68. The lowest BCUT2D eigenvalue weighted by molar-refractivity contribution is -0.137. The molecule has 0 saturated carbocycles. The molecule has 0 saturated heterocycles. The molecule has 0 radical (unpaired) electrons. The van der Waals surface area contributed by atoms with Gasteiger partial charge in [0.15, 0.2) is 0 Å². The van der Waals surface area contributed by atoms with Crippen LogP contribution in [0.15, 0.2) is 28.7 Å². The Bertz CT molecular complexity index is 720. The van der Waals surface area contributed by atoms with Crippen LogP contribution in [0.25, 0.3) is 5.69 Å². The van der Waals surface area contributed by atoms with Crippen molar-refractivity contribution in [2.75, 3.05) is 0 Å². The lowest BCUT2D eigenvalue weighted by Gasteiger charge is -2.14. The van der Waals surface area contributed by atoms with Gasteiger partial charge in [-0.3, -0.25) is 0 Å². The summed E-state index contributed by atoms with van der Waals surface area (Å²) in [6, 6.07) is 4.93. The molecular formula is C14H11BrF3NO2. The Kier molecular flexibility index (Phi) is 3.88. The Morgan fingerprint density at radius 3 is 2.29 bits per heavy atom. The fourth-order valence-electron chi connectivity index (χ4n) is 2.24. The van der Waals surface area contributed by atoms with Gasteiger partial charge in [0.2, 0.25) is 0 Å². The molecular weight excluding hydrogens is 351 g/mol. The molecule has 0 amide bonds. The average molecular weight is 362 g/mol. The van der Waals surface area contributed by atoms with Gasteiger partial charge in [-0.2, -0.15) is 13.2 Å². The average Bonchev–Trinajstić information content (AvgIpc) is 2.63. The fraction of sp³-hybridized carbons (Fsp3) is 0.214. The first-order chi connectivity index (χ1) is 9.61. The van der Waals surface area contributed by atoms with Gasteiger partial charge in [-0.15, -0.1) is 0 Å². The van der Waals surface area contributed by atoms with E-state index in [1.165, 1.54) is 16.7 Å². The van der Waals surface area contributed by atoms with Crippen molar-refractivity contribution >= 4 is 21.9 Å². The monoisotopic (exact) mass is 361 g/mol. The van der Waals surface area contributed by atoms with Crippen LogP contribution in [-0.2, 0) is 6.18 Å². The highest BCUT2D eigenvalue weighted by Crippen LogP contribution is 2.34. The van der Waals surface area contributed by atoms with Gasteiger partial charge in [0, 0.05) is 21.5 Å². The van der Waals surface area contributed by atoms with Gasteiger partial charge in [0.25, 0.3) is 0 Å². The summed E-state index contributed by atoms with van der Waals surface area (Å²) in [5.41, 5.74) is 0.471. The molecule has 0 unspecified atom stereocenters. The van der Waals surface area contributed by atoms with E-state index in [-0.39, 0.29) is 15.7 Å². The van der Waals surface area contributed by atoms with Crippen LogP contribution in [0.1, 0.15) is 27.3 Å². The van der Waals surface area contributed by atoms with E-state index >= 15 is 0 Å². The van der Waals surface area contributed by atoms with Crippen molar-refractivity contribution in [2.45, 2.75) is 20.0 Å². The number of halogens is 4. The Morgan fingerprint density at radius 2 is 1.81 bits per heavy atom. The summed E-state index contributed by atoms with van der Waals surface area (Å²) in [6.45, 7) is 3.21. The maximum atomic E-state index is 12.9. The van der Waals surface area contributed by atoms with Crippen molar-refractivity contribution in [3.05, 3.63) is 51.3 Å². The van der Waals surface area contributed by atoms with Gasteiger partial charge in [0.05, 0.1) is 11.1 Å². The first-order valence-electron chi connectivity index (χ1n) is 5.91. The first-order valence-corrected chi connectivity index (χ1v) is 6.71. The van der Waals surface area contributed by atoms with Crippen LogP contribution in [0.5, 0.6) is 0 Å². The highest BCUT2D eigenvalue weighted by Gasteiger charge is 2.31. The van der Waals surface area contributed by atoms with Crippen molar-refractivity contribution in [3.8, 4) is 5.69 Å². The van der Waals surface area contributed by atoms with E-state index in [2.05, 4.69) is 15.9 Å². The number of benzene rings is 1. The molecule has 2 rings (SSSR count). The Hall–Kier alpha value is -1.76. The molecule has 112 valence electrons. The SMILES string of the molecule is Cc1cc(C(=O)O)c(C)n1-c1cc(Br)cc(C(F)(F)F)c1. The summed E-state index contributed by atoms with van der Waals surface area (Å²) in [5, 5.41) is 9.09. The maximum absolute atomic E-state index is 12.9. The summed E-state index contributed by atoms with van der Waals surface area (Å²) in [6.07, 6.45) is -4.47. The van der Waals surface area contributed by atoms with E-state index in [0.29, 0.717) is 11.4 Å². The number of hydrogen-bond donors (Lipinski definition) is 1. The second-order valence-electron chi connectivity index (χ2n) is 4.62. The molecule has 0 aliphatic carbocycles. The third-order valence-corrected chi connectivity index (χ3v) is 3.59. The number of hydrogen-bond acceptors (Lipinski definition) is 1. The van der Waals surface area contributed by atoms with E-state index in [9.17, 15) is 18.0 Å². The van der Waals surface area contributed by atoms with E-state index in [1.807, 2.05) is 0 Å². The van der Waals surface area contributed by atoms with Gasteiger partial charge < -0.3 is 9.67 Å². The number of aryl methyl sites for hydroxylation is 1. The van der Waals surface area contributed by atoms with Gasteiger partial charge in [-0.05, 0) is 38.1 Å². The van der Waals surface area contributed by atoms with E-state index in [1.54, 1.807) is 13.8 Å². The Labute approximate surface area is 127 Å². The van der Waals surface area contributed by atoms with Crippen molar-refractivity contribution in [1.82, 2.24) is 4.57 Å². The quantitative estimate of drug-likeness (QED) is 0.850. The Morgan fingerprint density at radius 1 is 1.19 bits per heavy atom. The zero-order valence-corrected chi connectivity index (χ0v) is 12.7. The summed E-state index contributed by atoms with van der Waals surface area (Å²) in [4.78, 5) is 11.1. The highest BCUT2D eigenvalue weighted by atomic mass is 79.9. The molecule has 1 aromatic carbocycles. The normalized spacial score (nSPS) is 11.7. The minimum atomic E-state index is -4.47. The van der Waals surface area contributed by atoms with Gasteiger partial charge in [-0.25, -0.2) is 4.79 Å². The summed E-state index contributed by atoms with van der Waals surface area (Å²) in [5.74, 6) is -1.11. The van der Waals surface area contributed by atoms with Gasteiger partial charge in [0.1, 0.15) is 0 Å². The number of carboxylic acid groups (broad SMARTS) is 1. The molecule has 0 fully saturated rings. The maximum Gasteiger partial charge on any atom is 0.416 e. The first kappa shape index (κ1) is 15.6. The molecule has 7 heteroatoms. The van der Waals surface area contributed by atoms with Crippen molar-refractivity contribution in [2.24, 2.45) is 0 Å². The van der Waals surface area contributed by atoms with Crippen LogP contribution < -0.4 is 0 Å². The lowest BCUT2D eigenvalue weighted by atomic mass is 10.2. The summed E-state index contributed by atoms with van der Waals surface area (Å²) in [7, 11) is 0. The molecule has 3 nitrogen and oxygen atoms in total. The lowest BCUT2D eigenvalue weighted by Crippen LogP contribution is -2.08. The minimum absolute atomic E-state index is 0.0704. The number of rotatable bonds is 2. The highest BCUT2D eigenvalue weighted by molar-refractivity contribution is 9.10. The number of aromatic nitrogens is 1. The third-order valence-electron chi connectivity index (χ3n) is 3.13. The third kappa shape index (κ3) is 2.97. The van der Waals surface area contributed by atoms with Gasteiger partial charge in [-0.1, -0.05) is 15.9 Å². The largest absolute Gasteiger partial charge is 0.478 e. The zero-order chi connectivity index (χ0) is 15.9. The molecule has 0 spiro atoms. The van der Waals surface area contributed by atoms with Crippen molar-refractivity contribution in [3.63, 3.8) is 0 Å². The van der Waals surface area contributed by atoms with E-state index in [0.717, 1.165) is 12.1 Å². The number of carboxylic acids is 1. The molecule has 1 aromatic heterocycles. The van der Waals surface area contributed by atoms with Crippen LogP contribution >= 0.6 is 15.9 Å². The summed E-state index contributed by atoms with van der Waals surface area (Å²) < 4.78 is 40.4. The predicted octanol–water partition coefficient (Wildman–Crippen LogP) is 4.57. The minimum Gasteiger partial charge on any atom is -0.478 e. The molecule has 0 aliphatic heterocycles. The standard InChI is InChI=1S/C14H11BrF3NO2/c1-7-3-12(13(20)21)8(2)19(7)11-5-9(14(16,17)18)4-10(15)6-11/h3-6H,1-2H3,(H,20,21). The number of nitrogens with zero attached hydrogens (tertiary/aromatic N) is 1. The molecule has 1 N–H and O–H groups in total. The van der Waals surface area contributed by atoms with Crippen LogP contribution in [0.2, 0.25) is 0 Å². The second kappa shape index (κ2) is 5.22. The molecule has 0 aliphatic rings. The van der Waals surface area contributed by atoms with Crippen LogP contribution in [0.4, 0.5) is 13.2 Å². The van der Waals surface area contributed by atoms with E-state index in [4.69, 9.17) is 5.11 Å². The van der Waals surface area contributed by atoms with E-state index < -0.39 is 17.7 Å². The fourth-order valence-corrected chi connectivity index (χ4v) is 2.72. The molecule has 0 atom stereocenters. The smallest absolute Gasteiger partial charge is 0.416 e. The van der Waals surface area contributed by atoms with Crippen molar-refractivity contribution < 1.29 is 23.1 Å². The van der Waals surface area contributed by atoms with Crippen LogP contribution in [0, 0.1) is 13.8 Å². The van der Waals surface area contributed by atoms with Crippen LogP contribution in [-0.4, -0.2) is 15.6 Å². The number of carbonyl (C=O) groups is 1. The molecule has 0 bridgehead atoms. The van der Waals surface area contributed by atoms with Crippen LogP contribution in [0.3, 0.4) is 0 Å². The summed E-state index contributed by atoms with van der Waals surface area (Å²) >= 11 is 3.06. The molecule has 2 aromatic rings. The molecule has 21 heavy (non-hydrogen) atoms. The van der Waals surface area contributed by atoms with Crippen molar-refractivity contribution in [1.29, 1.82) is 0 Å². The topological polar surface area (TPSA) is 42.2 Å². The molecule has 1 heterocycles.